The number of aliphatic hydroxyl groups is 3. The Kier molecular flexibility index (Phi) is 8.78. The predicted molar refractivity (Wildman–Crippen MR) is 191 cm³/mol. The van der Waals surface area contributed by atoms with E-state index in [1.165, 1.54) is 51.4 Å². The van der Waals surface area contributed by atoms with Crippen LogP contribution < -0.4 is 0 Å². The average molecular weight is 700 g/mol. The van der Waals surface area contributed by atoms with Crippen molar-refractivity contribution in [3.63, 3.8) is 0 Å². The first kappa shape index (κ1) is 36.2. The highest BCUT2D eigenvalue weighted by Crippen LogP contribution is 2.89. The van der Waals surface area contributed by atoms with E-state index in [1.54, 1.807) is 13.8 Å². The van der Waals surface area contributed by atoms with E-state index in [2.05, 4.69) is 34.6 Å². The molecule has 8 heteroatoms. The highest BCUT2D eigenvalue weighted by molar-refractivity contribution is 5.76. The molecule has 284 valence electrons. The van der Waals surface area contributed by atoms with E-state index in [9.17, 15) is 20.1 Å². The van der Waals surface area contributed by atoms with Crippen LogP contribution in [0.5, 0.6) is 0 Å². The van der Waals surface area contributed by atoms with Crippen LogP contribution in [0.15, 0.2) is 0 Å². The predicted octanol–water partition coefficient (Wildman–Crippen LogP) is 6.47. The summed E-state index contributed by atoms with van der Waals surface area (Å²) in [5.74, 6) is 2.36. The molecule has 0 aromatic rings. The summed E-state index contributed by atoms with van der Waals surface area (Å²) in [5, 5.41) is 34.2. The Morgan fingerprint density at radius 3 is 2.40 bits per heavy atom. The van der Waals surface area contributed by atoms with Crippen molar-refractivity contribution in [2.75, 3.05) is 19.7 Å². The van der Waals surface area contributed by atoms with E-state index in [4.69, 9.17) is 14.2 Å². The van der Waals surface area contributed by atoms with Gasteiger partial charge in [0.1, 0.15) is 6.10 Å². The lowest BCUT2D eigenvalue weighted by atomic mass is 9.41. The number of ether oxygens (including phenoxy) is 3. The van der Waals surface area contributed by atoms with Crippen molar-refractivity contribution in [1.29, 1.82) is 0 Å². The zero-order chi connectivity index (χ0) is 35.6. The number of hydrogen-bond acceptors (Lipinski definition) is 7. The van der Waals surface area contributed by atoms with Gasteiger partial charge >= 0.3 is 0 Å². The first-order valence-electron chi connectivity index (χ1n) is 20.8. The summed E-state index contributed by atoms with van der Waals surface area (Å²) in [7, 11) is 0. The second-order valence-corrected chi connectivity index (χ2v) is 20.6. The minimum Gasteiger partial charge on any atom is -0.390 e. The third-order valence-corrected chi connectivity index (χ3v) is 17.7. The molecule has 0 aromatic heterocycles. The second kappa shape index (κ2) is 12.1. The molecule has 2 spiro atoms. The molecule has 2 heterocycles. The van der Waals surface area contributed by atoms with E-state index < -0.39 is 23.9 Å². The Balaban J connectivity index is 0.974. The summed E-state index contributed by atoms with van der Waals surface area (Å²) in [6.45, 7) is 17.1. The SMILES string of the molecule is CC1CC(C(O)C(C)(C)O)OC2C1C1(C)CCC34CC35CCC(OC3CN(C(=O)CC6CCCCC6)CCO3)C(C)(C)C5CCC4C1(C)C2O. The van der Waals surface area contributed by atoms with Gasteiger partial charge in [-0.1, -0.05) is 53.9 Å². The van der Waals surface area contributed by atoms with Gasteiger partial charge in [-0.05, 0) is 129 Å². The maximum atomic E-state index is 13.3. The minimum atomic E-state index is -1.26. The first-order chi connectivity index (χ1) is 23.5. The number of carbonyl (C=O) groups excluding carboxylic acids is 1. The molecule has 0 bridgehead atoms. The van der Waals surface area contributed by atoms with Crippen LogP contribution in [-0.2, 0) is 19.0 Å². The fraction of sp³-hybridized carbons (Fsp3) is 0.976. The molecule has 2 aliphatic heterocycles. The summed E-state index contributed by atoms with van der Waals surface area (Å²) in [6, 6.07) is 0. The van der Waals surface area contributed by atoms with Gasteiger partial charge in [-0.15, -0.1) is 0 Å². The fourth-order valence-electron chi connectivity index (χ4n) is 15.1. The maximum Gasteiger partial charge on any atom is 0.223 e. The lowest BCUT2D eigenvalue weighted by Gasteiger charge is -2.64. The molecule has 6 aliphatic carbocycles. The quantitative estimate of drug-likeness (QED) is 0.292. The normalized spacial score (nSPS) is 50.7. The number of rotatable bonds is 6. The van der Waals surface area contributed by atoms with Gasteiger partial charge in [-0.2, -0.15) is 0 Å². The topological polar surface area (TPSA) is 109 Å². The number of amides is 1. The monoisotopic (exact) mass is 700 g/mol. The van der Waals surface area contributed by atoms with Crippen LogP contribution in [0, 0.1) is 56.7 Å². The third kappa shape index (κ3) is 5.06. The second-order valence-electron chi connectivity index (χ2n) is 20.6. The fourth-order valence-corrected chi connectivity index (χ4v) is 15.1. The highest BCUT2D eigenvalue weighted by Gasteiger charge is 2.84. The van der Waals surface area contributed by atoms with E-state index in [-0.39, 0.29) is 52.0 Å². The van der Waals surface area contributed by atoms with E-state index in [1.807, 2.05) is 4.90 Å². The number of aliphatic hydroxyl groups excluding tert-OH is 2. The Hall–Kier alpha value is -0.770. The van der Waals surface area contributed by atoms with Gasteiger partial charge in [-0.25, -0.2) is 0 Å². The van der Waals surface area contributed by atoms with Gasteiger partial charge in [0, 0.05) is 18.4 Å². The van der Waals surface area contributed by atoms with E-state index in [0.717, 1.165) is 25.7 Å². The number of fused-ring (bicyclic) bond motifs is 4. The Bertz CT molecular complexity index is 1310. The van der Waals surface area contributed by atoms with Crippen LogP contribution in [-0.4, -0.2) is 88.2 Å². The molecule has 3 N–H and O–H groups in total. The van der Waals surface area contributed by atoms with Gasteiger partial charge in [-0.3, -0.25) is 4.79 Å². The lowest BCUT2D eigenvalue weighted by molar-refractivity contribution is -0.248. The Morgan fingerprint density at radius 2 is 1.68 bits per heavy atom. The van der Waals surface area contributed by atoms with Crippen LogP contribution >= 0.6 is 0 Å². The number of hydrogen-bond donors (Lipinski definition) is 3. The van der Waals surface area contributed by atoms with Crippen LogP contribution in [0.2, 0.25) is 0 Å². The molecule has 1 amide bonds. The first-order valence-corrected chi connectivity index (χ1v) is 20.8. The zero-order valence-electron chi connectivity index (χ0n) is 32.3. The Labute approximate surface area is 301 Å². The van der Waals surface area contributed by atoms with Crippen molar-refractivity contribution in [3.8, 4) is 0 Å². The Morgan fingerprint density at radius 1 is 0.980 bits per heavy atom. The molecule has 0 radical (unpaired) electrons. The minimum absolute atomic E-state index is 0.00746. The smallest absolute Gasteiger partial charge is 0.223 e. The number of morpholine rings is 1. The highest BCUT2D eigenvalue weighted by atomic mass is 16.7. The van der Waals surface area contributed by atoms with Crippen molar-refractivity contribution in [1.82, 2.24) is 4.90 Å². The molecule has 8 rings (SSSR count). The van der Waals surface area contributed by atoms with E-state index in [0.29, 0.717) is 61.6 Å². The number of nitrogens with zero attached hydrogens (tertiary/aromatic N) is 1. The third-order valence-electron chi connectivity index (χ3n) is 17.7. The average Bonchev–Trinajstić information content (AvgIpc) is 3.70. The maximum absolute atomic E-state index is 13.3. The van der Waals surface area contributed by atoms with Crippen LogP contribution in [0.3, 0.4) is 0 Å². The van der Waals surface area contributed by atoms with Crippen LogP contribution in [0.25, 0.3) is 0 Å². The van der Waals surface area contributed by atoms with Gasteiger partial charge in [0.25, 0.3) is 0 Å². The summed E-state index contributed by atoms with van der Waals surface area (Å²) < 4.78 is 19.8. The van der Waals surface area contributed by atoms with Crippen molar-refractivity contribution in [2.24, 2.45) is 56.7 Å². The van der Waals surface area contributed by atoms with Crippen LogP contribution in [0.4, 0.5) is 0 Å². The lowest BCUT2D eigenvalue weighted by Crippen LogP contribution is -2.60. The van der Waals surface area contributed by atoms with Gasteiger partial charge in [0.15, 0.2) is 6.29 Å². The molecule has 50 heavy (non-hydrogen) atoms. The molecule has 8 nitrogen and oxygen atoms in total. The van der Waals surface area contributed by atoms with E-state index >= 15 is 0 Å². The van der Waals surface area contributed by atoms with Crippen molar-refractivity contribution in [2.45, 2.75) is 181 Å². The summed E-state index contributed by atoms with van der Waals surface area (Å²) in [4.78, 5) is 15.3. The summed E-state index contributed by atoms with van der Waals surface area (Å²) in [6.07, 6.45) is 13.0. The molecule has 0 aromatic carbocycles. The largest absolute Gasteiger partial charge is 0.390 e. The van der Waals surface area contributed by atoms with Gasteiger partial charge < -0.3 is 34.4 Å². The van der Waals surface area contributed by atoms with Crippen molar-refractivity contribution in [3.05, 3.63) is 0 Å². The zero-order valence-corrected chi connectivity index (χ0v) is 32.3. The molecular weight excluding hydrogens is 630 g/mol. The van der Waals surface area contributed by atoms with Gasteiger partial charge in [0.2, 0.25) is 5.91 Å². The number of carbonyl (C=O) groups is 1. The molecule has 14 atom stereocenters. The molecule has 8 fully saturated rings. The van der Waals surface area contributed by atoms with Crippen molar-refractivity contribution >= 4 is 5.91 Å². The molecular formula is C42H69NO7. The molecule has 6 saturated carbocycles. The molecule has 14 unspecified atom stereocenters. The molecule has 2 saturated heterocycles. The van der Waals surface area contributed by atoms with Crippen molar-refractivity contribution < 1.29 is 34.3 Å². The standard InChI is InChI=1S/C42H69NO7/c1-25-21-27(35(45)38(4,5)47)49-34-33(25)39(6)17-18-42-24-41(42)16-15-30(37(2,3)28(41)13-14-29(42)40(39,7)36(34)46)50-32-23-43(19-20-48-32)31(44)22-26-11-9-8-10-12-26/h25-30,32-36,45-47H,8-24H2,1-7H3. The summed E-state index contributed by atoms with van der Waals surface area (Å²) >= 11 is 0. The summed E-state index contributed by atoms with van der Waals surface area (Å²) in [5.41, 5.74) is -1.03. The molecule has 8 aliphatic rings. The van der Waals surface area contributed by atoms with Gasteiger partial charge in [0.05, 0.1) is 43.2 Å². The van der Waals surface area contributed by atoms with Crippen LogP contribution in [0.1, 0.15) is 138 Å².